The number of methoxy groups -OCH3 is 1. The standard InChI is InChI=1S/C19H23NO6/c1-10(21)7-20-8-13-5-14-11(2)15(6-16(22)24-4)19(23)26-18(14)12(3)17(13)25-9-20/h5,10,21H,6-9H2,1-4H3. The van der Waals surface area contributed by atoms with E-state index in [0.29, 0.717) is 42.3 Å². The molecule has 26 heavy (non-hydrogen) atoms. The molecule has 2 heterocycles. The molecule has 0 bridgehead atoms. The van der Waals surface area contributed by atoms with Gasteiger partial charge >= 0.3 is 11.6 Å². The molecule has 0 saturated heterocycles. The van der Waals surface area contributed by atoms with Crippen LogP contribution in [0.5, 0.6) is 5.75 Å². The van der Waals surface area contributed by atoms with Crippen LogP contribution in [0.4, 0.5) is 0 Å². The topological polar surface area (TPSA) is 89.2 Å². The maximum absolute atomic E-state index is 12.3. The molecule has 0 radical (unpaired) electrons. The largest absolute Gasteiger partial charge is 0.477 e. The van der Waals surface area contributed by atoms with Crippen molar-refractivity contribution in [3.05, 3.63) is 38.7 Å². The Bertz CT molecular complexity index is 915. The van der Waals surface area contributed by atoms with Crippen molar-refractivity contribution in [2.24, 2.45) is 0 Å². The lowest BCUT2D eigenvalue weighted by molar-refractivity contribution is -0.139. The number of ether oxygens (including phenoxy) is 2. The predicted molar refractivity (Wildman–Crippen MR) is 95.3 cm³/mol. The second-order valence-corrected chi connectivity index (χ2v) is 6.75. The van der Waals surface area contributed by atoms with E-state index >= 15 is 0 Å². The molecule has 3 rings (SSSR count). The van der Waals surface area contributed by atoms with Crippen LogP contribution in [0.2, 0.25) is 0 Å². The van der Waals surface area contributed by atoms with Crippen LogP contribution < -0.4 is 10.4 Å². The van der Waals surface area contributed by atoms with Crippen LogP contribution in [0.1, 0.15) is 29.2 Å². The van der Waals surface area contributed by atoms with E-state index in [4.69, 9.17) is 9.15 Å². The van der Waals surface area contributed by atoms with Crippen LogP contribution >= 0.6 is 0 Å². The van der Waals surface area contributed by atoms with Crippen LogP contribution in [0.25, 0.3) is 11.0 Å². The third-order valence-electron chi connectivity index (χ3n) is 4.69. The monoisotopic (exact) mass is 361 g/mol. The van der Waals surface area contributed by atoms with E-state index in [2.05, 4.69) is 4.74 Å². The fourth-order valence-electron chi connectivity index (χ4n) is 3.40. The zero-order chi connectivity index (χ0) is 19.0. The average molecular weight is 361 g/mol. The highest BCUT2D eigenvalue weighted by Crippen LogP contribution is 2.36. The van der Waals surface area contributed by atoms with Gasteiger partial charge in [0.05, 0.1) is 25.2 Å². The Labute approximate surface area is 151 Å². The van der Waals surface area contributed by atoms with Gasteiger partial charge in [-0.05, 0) is 32.4 Å². The molecule has 1 unspecified atom stereocenters. The molecule has 1 aromatic carbocycles. The van der Waals surface area contributed by atoms with Gasteiger partial charge in [0, 0.05) is 29.6 Å². The average Bonchev–Trinajstić information content (AvgIpc) is 2.59. The first-order valence-corrected chi connectivity index (χ1v) is 8.50. The summed E-state index contributed by atoms with van der Waals surface area (Å²) in [7, 11) is 1.29. The van der Waals surface area contributed by atoms with Crippen molar-refractivity contribution < 1.29 is 23.8 Å². The summed E-state index contributed by atoms with van der Waals surface area (Å²) in [4.78, 5) is 26.0. The lowest BCUT2D eigenvalue weighted by Crippen LogP contribution is -2.37. The summed E-state index contributed by atoms with van der Waals surface area (Å²) in [5.74, 6) is 0.225. The van der Waals surface area contributed by atoms with Crippen LogP contribution in [0, 0.1) is 13.8 Å². The van der Waals surface area contributed by atoms with Crippen molar-refractivity contribution in [2.45, 2.75) is 39.8 Å². The number of esters is 1. The van der Waals surface area contributed by atoms with Gasteiger partial charge in [-0.15, -0.1) is 0 Å². The van der Waals surface area contributed by atoms with E-state index in [9.17, 15) is 14.7 Å². The van der Waals surface area contributed by atoms with Crippen molar-refractivity contribution in [2.75, 3.05) is 20.4 Å². The summed E-state index contributed by atoms with van der Waals surface area (Å²) in [5, 5.41) is 10.4. The van der Waals surface area contributed by atoms with E-state index in [-0.39, 0.29) is 6.42 Å². The second-order valence-electron chi connectivity index (χ2n) is 6.75. The number of hydrogen-bond donors (Lipinski definition) is 1. The van der Waals surface area contributed by atoms with Crippen molar-refractivity contribution >= 4 is 16.9 Å². The molecule has 0 spiro atoms. The molecular weight excluding hydrogens is 338 g/mol. The van der Waals surface area contributed by atoms with Crippen molar-refractivity contribution in [3.8, 4) is 5.75 Å². The number of aryl methyl sites for hydroxylation is 2. The molecule has 1 aromatic heterocycles. The molecule has 7 nitrogen and oxygen atoms in total. The lowest BCUT2D eigenvalue weighted by Gasteiger charge is -2.31. The summed E-state index contributed by atoms with van der Waals surface area (Å²) in [6, 6.07) is 1.94. The quantitative estimate of drug-likeness (QED) is 0.654. The number of carbonyl (C=O) groups excluding carboxylic acids is 1. The minimum atomic E-state index is -0.532. The Hall–Kier alpha value is -2.38. The van der Waals surface area contributed by atoms with Crippen LogP contribution in [0.3, 0.4) is 0 Å². The predicted octanol–water partition coefficient (Wildman–Crippen LogP) is 1.66. The molecule has 0 fully saturated rings. The molecule has 2 aromatic rings. The van der Waals surface area contributed by atoms with Gasteiger partial charge in [0.1, 0.15) is 18.1 Å². The molecular formula is C19H23NO6. The molecule has 1 N–H and O–H groups in total. The molecule has 0 amide bonds. The van der Waals surface area contributed by atoms with Crippen molar-refractivity contribution in [1.29, 1.82) is 0 Å². The summed E-state index contributed by atoms with van der Waals surface area (Å²) in [6.45, 7) is 6.90. The Morgan fingerprint density at radius 3 is 2.77 bits per heavy atom. The van der Waals surface area contributed by atoms with Gasteiger partial charge in [-0.3, -0.25) is 9.69 Å². The van der Waals surface area contributed by atoms with E-state index in [0.717, 1.165) is 16.5 Å². The molecule has 7 heteroatoms. The summed E-state index contributed by atoms with van der Waals surface area (Å²) >= 11 is 0. The number of benzene rings is 1. The first-order valence-electron chi connectivity index (χ1n) is 8.50. The molecule has 140 valence electrons. The van der Waals surface area contributed by atoms with E-state index in [1.807, 2.05) is 17.9 Å². The maximum atomic E-state index is 12.3. The number of aliphatic hydroxyl groups is 1. The fourth-order valence-corrected chi connectivity index (χ4v) is 3.40. The number of aliphatic hydroxyl groups excluding tert-OH is 1. The molecule has 0 aliphatic carbocycles. The number of hydrogen-bond acceptors (Lipinski definition) is 7. The number of β-amino-alcohol motifs (C(OH)–C–C–N with tert-alkyl or cyclic N) is 1. The van der Waals surface area contributed by atoms with Crippen molar-refractivity contribution in [3.63, 3.8) is 0 Å². The third kappa shape index (κ3) is 3.32. The van der Waals surface area contributed by atoms with E-state index in [1.54, 1.807) is 13.8 Å². The van der Waals surface area contributed by atoms with Gasteiger partial charge < -0.3 is 19.0 Å². The highest BCUT2D eigenvalue weighted by molar-refractivity contribution is 5.88. The number of rotatable bonds is 4. The van der Waals surface area contributed by atoms with Crippen LogP contribution in [-0.4, -0.2) is 42.5 Å². The first-order chi connectivity index (χ1) is 12.3. The van der Waals surface area contributed by atoms with Gasteiger partial charge in [-0.1, -0.05) is 0 Å². The Kier molecular flexibility index (Phi) is 5.02. The number of carbonyl (C=O) groups is 1. The van der Waals surface area contributed by atoms with Gasteiger partial charge in [0.2, 0.25) is 0 Å². The zero-order valence-electron chi connectivity index (χ0n) is 15.4. The summed E-state index contributed by atoms with van der Waals surface area (Å²) in [6.07, 6.45) is -0.574. The number of fused-ring (bicyclic) bond motifs is 2. The zero-order valence-corrected chi connectivity index (χ0v) is 15.4. The Morgan fingerprint density at radius 2 is 2.12 bits per heavy atom. The SMILES string of the molecule is COC(=O)Cc1c(C)c2cc3c(c(C)c2oc1=O)OCN(CC(C)O)C3. The summed E-state index contributed by atoms with van der Waals surface area (Å²) in [5.41, 5.74) is 2.68. The maximum Gasteiger partial charge on any atom is 0.340 e. The highest BCUT2D eigenvalue weighted by Gasteiger charge is 2.24. The third-order valence-corrected chi connectivity index (χ3v) is 4.69. The van der Waals surface area contributed by atoms with Crippen LogP contribution in [-0.2, 0) is 22.5 Å². The van der Waals surface area contributed by atoms with Gasteiger partial charge in [0.25, 0.3) is 0 Å². The van der Waals surface area contributed by atoms with Crippen LogP contribution in [0.15, 0.2) is 15.3 Å². The Morgan fingerprint density at radius 1 is 1.38 bits per heavy atom. The fraction of sp³-hybridized carbons (Fsp3) is 0.474. The normalized spacial score (nSPS) is 15.4. The minimum Gasteiger partial charge on any atom is -0.477 e. The minimum absolute atomic E-state index is 0.124. The Balaban J connectivity index is 2.11. The molecule has 0 saturated carbocycles. The first kappa shape index (κ1) is 18.4. The molecule has 1 aliphatic rings. The second kappa shape index (κ2) is 7.09. The molecule has 1 aliphatic heterocycles. The van der Waals surface area contributed by atoms with Gasteiger partial charge in [-0.2, -0.15) is 0 Å². The smallest absolute Gasteiger partial charge is 0.340 e. The van der Waals surface area contributed by atoms with Gasteiger partial charge in [-0.25, -0.2) is 4.79 Å². The van der Waals surface area contributed by atoms with E-state index < -0.39 is 17.7 Å². The highest BCUT2D eigenvalue weighted by atomic mass is 16.5. The van der Waals surface area contributed by atoms with Crippen molar-refractivity contribution in [1.82, 2.24) is 4.90 Å². The molecule has 1 atom stereocenters. The van der Waals surface area contributed by atoms with E-state index in [1.165, 1.54) is 7.11 Å². The summed E-state index contributed by atoms with van der Waals surface area (Å²) < 4.78 is 16.0. The lowest BCUT2D eigenvalue weighted by atomic mass is 9.97. The van der Waals surface area contributed by atoms with Gasteiger partial charge in [0.15, 0.2) is 0 Å². The number of nitrogens with zero attached hydrogens (tertiary/aromatic N) is 1.